The van der Waals surface area contributed by atoms with Crippen molar-refractivity contribution < 1.29 is 0 Å². The molecule has 2 heterocycles. The van der Waals surface area contributed by atoms with E-state index in [1.807, 2.05) is 13.8 Å². The molecule has 2 saturated heterocycles. The minimum Gasteiger partial charge on any atom is -0.301 e. The highest BCUT2D eigenvalue weighted by atomic mass is 15.2. The monoisotopic (exact) mass is 368 g/mol. The Labute approximate surface area is 167 Å². The van der Waals surface area contributed by atoms with E-state index in [1.165, 1.54) is 51.9 Å². The first kappa shape index (κ1) is 25.9. The van der Waals surface area contributed by atoms with Crippen LogP contribution in [0.2, 0.25) is 0 Å². The molecule has 2 aliphatic heterocycles. The number of likely N-dealkylation sites (tertiary alicyclic amines) is 2. The molecule has 2 rings (SSSR count). The van der Waals surface area contributed by atoms with Gasteiger partial charge in [-0.2, -0.15) is 0 Å². The van der Waals surface area contributed by atoms with Crippen molar-refractivity contribution >= 4 is 0 Å². The lowest BCUT2D eigenvalue weighted by molar-refractivity contribution is 0.129. The first-order valence-electron chi connectivity index (χ1n) is 11.7. The second kappa shape index (κ2) is 14.0. The minimum atomic E-state index is 0.748. The van der Waals surface area contributed by atoms with E-state index in [4.69, 9.17) is 0 Å². The molecule has 2 fully saturated rings. The largest absolute Gasteiger partial charge is 0.301 e. The highest BCUT2D eigenvalue weighted by Gasteiger charge is 2.23. The third kappa shape index (κ3) is 9.74. The molecular weight excluding hydrogens is 316 g/mol. The molecule has 2 heteroatoms. The molecular formula is C24H52N2. The fourth-order valence-corrected chi connectivity index (χ4v) is 4.20. The second-order valence-corrected chi connectivity index (χ2v) is 9.42. The summed E-state index contributed by atoms with van der Waals surface area (Å²) in [6.45, 7) is 27.9. The van der Waals surface area contributed by atoms with Crippen LogP contribution in [0.25, 0.3) is 0 Å². The summed E-state index contributed by atoms with van der Waals surface area (Å²) < 4.78 is 0. The van der Waals surface area contributed by atoms with Crippen LogP contribution in [-0.4, -0.2) is 48.1 Å². The Morgan fingerprint density at radius 1 is 0.500 bits per heavy atom. The quantitative estimate of drug-likeness (QED) is 0.555. The van der Waals surface area contributed by atoms with Crippen LogP contribution in [-0.2, 0) is 0 Å². The van der Waals surface area contributed by atoms with Crippen molar-refractivity contribution in [1.29, 1.82) is 0 Å². The molecule has 0 N–H and O–H groups in total. The molecule has 158 valence electrons. The maximum atomic E-state index is 2.60. The van der Waals surface area contributed by atoms with Crippen molar-refractivity contribution in [3.63, 3.8) is 0 Å². The van der Waals surface area contributed by atoms with E-state index in [0.29, 0.717) is 0 Å². The zero-order valence-electron chi connectivity index (χ0n) is 20.0. The SMILES string of the molecule is CC.CC(C)C1CCN(C(C)C)CC1.CC(C)C1CCN(C(C)C)CC1. The maximum absolute atomic E-state index is 2.60. The normalized spacial score (nSPS) is 21.0. The lowest BCUT2D eigenvalue weighted by atomic mass is 9.86. The van der Waals surface area contributed by atoms with Gasteiger partial charge in [0.15, 0.2) is 0 Å². The molecule has 0 aromatic heterocycles. The number of piperidine rings is 2. The predicted molar refractivity (Wildman–Crippen MR) is 120 cm³/mol. The summed E-state index contributed by atoms with van der Waals surface area (Å²) in [6.07, 6.45) is 5.65. The van der Waals surface area contributed by atoms with Crippen LogP contribution >= 0.6 is 0 Å². The topological polar surface area (TPSA) is 6.48 Å². The van der Waals surface area contributed by atoms with E-state index in [1.54, 1.807) is 0 Å². The van der Waals surface area contributed by atoms with Gasteiger partial charge in [0, 0.05) is 12.1 Å². The van der Waals surface area contributed by atoms with Gasteiger partial charge in [-0.05, 0) is 103 Å². The average molecular weight is 369 g/mol. The van der Waals surface area contributed by atoms with Gasteiger partial charge in [0.1, 0.15) is 0 Å². The predicted octanol–water partition coefficient (Wildman–Crippen LogP) is 6.55. The highest BCUT2D eigenvalue weighted by Crippen LogP contribution is 2.26. The first-order valence-corrected chi connectivity index (χ1v) is 11.7. The van der Waals surface area contributed by atoms with E-state index in [2.05, 4.69) is 65.2 Å². The second-order valence-electron chi connectivity index (χ2n) is 9.42. The number of hydrogen-bond donors (Lipinski definition) is 0. The molecule has 0 unspecified atom stereocenters. The zero-order valence-corrected chi connectivity index (χ0v) is 20.0. The van der Waals surface area contributed by atoms with Gasteiger partial charge in [-0.3, -0.25) is 0 Å². The number of rotatable bonds is 4. The van der Waals surface area contributed by atoms with E-state index < -0.39 is 0 Å². The third-order valence-corrected chi connectivity index (χ3v) is 6.49. The van der Waals surface area contributed by atoms with Gasteiger partial charge in [-0.25, -0.2) is 0 Å². The van der Waals surface area contributed by atoms with Crippen molar-refractivity contribution in [3.8, 4) is 0 Å². The lowest BCUT2D eigenvalue weighted by Gasteiger charge is -2.36. The summed E-state index contributed by atoms with van der Waals surface area (Å²) in [5.74, 6) is 3.75. The Kier molecular flexibility index (Phi) is 14.0. The molecule has 2 nitrogen and oxygen atoms in total. The van der Waals surface area contributed by atoms with Crippen molar-refractivity contribution in [1.82, 2.24) is 9.80 Å². The van der Waals surface area contributed by atoms with Gasteiger partial charge in [-0.15, -0.1) is 0 Å². The highest BCUT2D eigenvalue weighted by molar-refractivity contribution is 4.76. The fraction of sp³-hybridized carbons (Fsp3) is 1.00. The maximum Gasteiger partial charge on any atom is 0.00385 e. The zero-order chi connectivity index (χ0) is 20.3. The van der Waals surface area contributed by atoms with Crippen LogP contribution < -0.4 is 0 Å². The van der Waals surface area contributed by atoms with E-state index >= 15 is 0 Å². The summed E-state index contributed by atoms with van der Waals surface area (Å²) in [5, 5.41) is 0. The molecule has 0 spiro atoms. The molecule has 0 aliphatic carbocycles. The molecule has 0 radical (unpaired) electrons. The van der Waals surface area contributed by atoms with Crippen molar-refractivity contribution in [2.24, 2.45) is 23.7 Å². The van der Waals surface area contributed by atoms with E-state index in [-0.39, 0.29) is 0 Å². The number of nitrogens with zero attached hydrogens (tertiary/aromatic N) is 2. The summed E-state index contributed by atoms with van der Waals surface area (Å²) in [7, 11) is 0. The molecule has 2 aliphatic rings. The van der Waals surface area contributed by atoms with Crippen molar-refractivity contribution in [2.75, 3.05) is 26.2 Å². The summed E-state index contributed by atoms with van der Waals surface area (Å²) in [6, 6.07) is 1.50. The Morgan fingerprint density at radius 2 is 0.731 bits per heavy atom. The molecule has 0 aromatic carbocycles. The van der Waals surface area contributed by atoms with Gasteiger partial charge < -0.3 is 9.80 Å². The van der Waals surface area contributed by atoms with E-state index in [0.717, 1.165) is 35.8 Å². The van der Waals surface area contributed by atoms with Crippen LogP contribution in [0, 0.1) is 23.7 Å². The van der Waals surface area contributed by atoms with Crippen LogP contribution in [0.3, 0.4) is 0 Å². The smallest absolute Gasteiger partial charge is 0.00385 e. The van der Waals surface area contributed by atoms with Crippen molar-refractivity contribution in [2.45, 2.75) is 107 Å². The first-order chi connectivity index (χ1) is 12.2. The summed E-state index contributed by atoms with van der Waals surface area (Å²) >= 11 is 0. The summed E-state index contributed by atoms with van der Waals surface area (Å²) in [4.78, 5) is 5.19. The Bertz CT molecular complexity index is 242. The van der Waals surface area contributed by atoms with Gasteiger partial charge in [0.05, 0.1) is 0 Å². The van der Waals surface area contributed by atoms with Crippen LogP contribution in [0.1, 0.15) is 94.9 Å². The molecule has 0 saturated carbocycles. The van der Waals surface area contributed by atoms with E-state index in [9.17, 15) is 0 Å². The third-order valence-electron chi connectivity index (χ3n) is 6.49. The molecule has 0 bridgehead atoms. The minimum absolute atomic E-state index is 0.748. The molecule has 0 atom stereocenters. The Hall–Kier alpha value is -0.0800. The van der Waals surface area contributed by atoms with Crippen LogP contribution in [0.15, 0.2) is 0 Å². The van der Waals surface area contributed by atoms with Crippen LogP contribution in [0.4, 0.5) is 0 Å². The van der Waals surface area contributed by atoms with Gasteiger partial charge >= 0.3 is 0 Å². The Morgan fingerprint density at radius 3 is 0.885 bits per heavy atom. The molecule has 26 heavy (non-hydrogen) atoms. The fourth-order valence-electron chi connectivity index (χ4n) is 4.20. The number of hydrogen-bond acceptors (Lipinski definition) is 2. The van der Waals surface area contributed by atoms with Gasteiger partial charge in [0.2, 0.25) is 0 Å². The van der Waals surface area contributed by atoms with Gasteiger partial charge in [-0.1, -0.05) is 41.5 Å². The average Bonchev–Trinajstić information content (AvgIpc) is 2.64. The standard InChI is InChI=1S/2C11H23N.C2H6/c2*1-9(2)11-5-7-12(8-6-11)10(3)4;1-2/h2*9-11H,5-8H2,1-4H3;1-2H3. The Balaban J connectivity index is 0.000000439. The molecule has 0 amide bonds. The van der Waals surface area contributed by atoms with Crippen LogP contribution in [0.5, 0.6) is 0 Å². The van der Waals surface area contributed by atoms with Gasteiger partial charge in [0.25, 0.3) is 0 Å². The lowest BCUT2D eigenvalue weighted by Crippen LogP contribution is -2.39. The summed E-state index contributed by atoms with van der Waals surface area (Å²) in [5.41, 5.74) is 0. The molecule has 0 aromatic rings. The van der Waals surface area contributed by atoms with Crippen molar-refractivity contribution in [3.05, 3.63) is 0 Å².